The number of fused-ring (bicyclic) bond motifs is 2. The van der Waals surface area contributed by atoms with E-state index < -0.39 is 0 Å². The van der Waals surface area contributed by atoms with E-state index in [2.05, 4.69) is 289 Å². The van der Waals surface area contributed by atoms with Crippen LogP contribution in [0.4, 0.5) is 0 Å². The molecule has 0 spiro atoms. The topological polar surface area (TPSA) is 57.5 Å². The van der Waals surface area contributed by atoms with Gasteiger partial charge in [0.1, 0.15) is 0 Å². The number of imidazole rings is 2. The second-order valence-electron chi connectivity index (χ2n) is 24.8. The zero-order chi connectivity index (χ0) is 60.8. The third-order valence-corrected chi connectivity index (χ3v) is 19.9. The molecule has 8 heteroatoms. The zero-order valence-electron chi connectivity index (χ0n) is 50.7. The van der Waals surface area contributed by atoms with Crippen molar-refractivity contribution in [1.29, 1.82) is 0 Å². The minimum absolute atomic E-state index is 0. The van der Waals surface area contributed by atoms with Crippen molar-refractivity contribution in [3.05, 3.63) is 313 Å². The van der Waals surface area contributed by atoms with Gasteiger partial charge in [0.25, 0.3) is 12.7 Å². The second kappa shape index (κ2) is 21.3. The molecule has 18 aromatic rings. The Morgan fingerprint density at radius 3 is 1.33 bits per heavy atom. The monoisotopic (exact) mass is 1380 g/mol. The summed E-state index contributed by atoms with van der Waals surface area (Å²) in [5.41, 5.74) is 21.6. The molecule has 4 aliphatic rings. The Kier molecular flexibility index (Phi) is 12.3. The van der Waals surface area contributed by atoms with E-state index >= 15 is 0 Å². The van der Waals surface area contributed by atoms with Gasteiger partial charge in [0, 0.05) is 38.2 Å². The van der Waals surface area contributed by atoms with E-state index in [0.29, 0.717) is 0 Å². The summed E-state index contributed by atoms with van der Waals surface area (Å²) in [7, 11) is 0. The first-order valence-electron chi connectivity index (χ1n) is 32.0. The minimum Gasteiger partial charge on any atom is -0.574 e. The number of nitrogens with zero attached hydrogens (tertiary/aromatic N) is 7. The molecule has 0 unspecified atom stereocenters. The van der Waals surface area contributed by atoms with E-state index in [1.54, 1.807) is 12.4 Å². The van der Waals surface area contributed by atoms with Gasteiger partial charge in [0.05, 0.1) is 33.4 Å². The summed E-state index contributed by atoms with van der Waals surface area (Å²) in [4.78, 5) is 4.12. The quantitative estimate of drug-likeness (QED) is 0.0980. The molecule has 14 aromatic carbocycles. The van der Waals surface area contributed by atoms with E-state index in [1.165, 1.54) is 131 Å². The molecule has 0 amide bonds. The summed E-state index contributed by atoms with van der Waals surface area (Å²) in [6.45, 7) is 0. The first kappa shape index (κ1) is 54.3. The molecule has 94 heavy (non-hydrogen) atoms. The average molecular weight is 1380 g/mol. The molecular formula is C86H52IrN7-3. The summed E-state index contributed by atoms with van der Waals surface area (Å²) in [5, 5.41) is 28.3. The van der Waals surface area contributed by atoms with Crippen molar-refractivity contribution in [1.82, 2.24) is 24.3 Å². The first-order valence-corrected chi connectivity index (χ1v) is 32.0. The number of rotatable bonds is 5. The maximum atomic E-state index is 4.12. The molecule has 22 rings (SSSR count). The van der Waals surface area contributed by atoms with E-state index in [1.807, 2.05) is 24.3 Å². The third-order valence-electron chi connectivity index (χ3n) is 19.9. The predicted octanol–water partition coefficient (Wildman–Crippen LogP) is 18.9. The number of hydrogen-bond acceptors (Lipinski definition) is 2. The predicted molar refractivity (Wildman–Crippen MR) is 379 cm³/mol. The largest absolute Gasteiger partial charge is 0.574 e. The molecule has 0 saturated heterocycles. The molecule has 1 radical (unpaired) electrons. The molecule has 0 atom stereocenters. The van der Waals surface area contributed by atoms with Crippen LogP contribution in [0.3, 0.4) is 0 Å². The van der Waals surface area contributed by atoms with Gasteiger partial charge in [-0.05, 0) is 147 Å². The molecule has 443 valence electrons. The molecule has 0 saturated carbocycles. The zero-order valence-corrected chi connectivity index (χ0v) is 53.1. The van der Waals surface area contributed by atoms with Crippen molar-refractivity contribution >= 4 is 132 Å². The van der Waals surface area contributed by atoms with Crippen LogP contribution in [0.2, 0.25) is 0 Å². The van der Waals surface area contributed by atoms with Crippen LogP contribution in [0.1, 0.15) is 46.2 Å². The molecule has 4 aromatic heterocycles. The van der Waals surface area contributed by atoms with Gasteiger partial charge >= 0.3 is 0 Å². The van der Waals surface area contributed by atoms with Crippen LogP contribution in [0.5, 0.6) is 0 Å². The fourth-order valence-corrected chi connectivity index (χ4v) is 15.8. The van der Waals surface area contributed by atoms with E-state index in [4.69, 9.17) is 0 Å². The summed E-state index contributed by atoms with van der Waals surface area (Å²) in [6.07, 6.45) is 28.8. The smallest absolute Gasteiger partial charge is 0.268 e. The summed E-state index contributed by atoms with van der Waals surface area (Å²) < 4.78 is 8.92. The summed E-state index contributed by atoms with van der Waals surface area (Å²) >= 11 is 0. The second-order valence-corrected chi connectivity index (χ2v) is 24.8. The van der Waals surface area contributed by atoms with Crippen LogP contribution in [0.25, 0.3) is 166 Å². The standard InChI is InChI=1S/2C39H23N2.C8H6N3.Ir/c2*1-2-10-35-34(9-1)40(32-21-17-28-13-11-24-5-3-7-26-15-19-30(32)38(28)36(24)26)23-41(35)33-22-18-29-14-12-25-6-4-8-27-16-20-31(33)39(29)37(25)27;1-2-5-9-7(3-1)8-4-6-10-11-8;/h2*1-5,7-13,15-21H,6,14H2;1-6H;/q3*-1;. The van der Waals surface area contributed by atoms with Crippen molar-refractivity contribution in [2.75, 3.05) is 0 Å². The van der Waals surface area contributed by atoms with Gasteiger partial charge in [-0.1, -0.05) is 225 Å². The van der Waals surface area contributed by atoms with Gasteiger partial charge < -0.3 is 19.3 Å². The molecule has 0 fully saturated rings. The summed E-state index contributed by atoms with van der Waals surface area (Å²) in [6, 6.07) is 85.9. The Morgan fingerprint density at radius 2 is 0.851 bits per heavy atom. The number of aromatic nitrogens is 7. The van der Waals surface area contributed by atoms with Crippen molar-refractivity contribution in [3.63, 3.8) is 0 Å². The number of para-hydroxylation sites is 4. The molecule has 0 N–H and O–H groups in total. The van der Waals surface area contributed by atoms with Crippen molar-refractivity contribution in [3.8, 4) is 34.1 Å². The molecule has 0 aliphatic heterocycles. The fourth-order valence-electron chi connectivity index (χ4n) is 15.8. The van der Waals surface area contributed by atoms with Crippen LogP contribution in [-0.2, 0) is 32.9 Å². The Morgan fingerprint density at radius 1 is 0.394 bits per heavy atom. The van der Waals surface area contributed by atoms with Crippen LogP contribution in [0.15, 0.2) is 255 Å². The number of hydrogen-bond donors (Lipinski definition) is 0. The van der Waals surface area contributed by atoms with E-state index in [0.717, 1.165) is 81.9 Å². The maximum Gasteiger partial charge on any atom is 0.268 e. The van der Waals surface area contributed by atoms with Gasteiger partial charge in [0.2, 0.25) is 0 Å². The van der Waals surface area contributed by atoms with Crippen molar-refractivity contribution < 1.29 is 29.2 Å². The Balaban J connectivity index is 0.000000114. The van der Waals surface area contributed by atoms with Gasteiger partial charge in [-0.2, -0.15) is 24.3 Å². The van der Waals surface area contributed by atoms with Gasteiger partial charge in [-0.3, -0.25) is 14.1 Å². The van der Waals surface area contributed by atoms with Gasteiger partial charge in [0.15, 0.2) is 0 Å². The van der Waals surface area contributed by atoms with Crippen LogP contribution in [0, 0.1) is 24.8 Å². The Hall–Kier alpha value is -11.4. The van der Waals surface area contributed by atoms with Gasteiger partial charge in [-0.25, -0.2) is 0 Å². The Bertz CT molecular complexity index is 5920. The molecule has 7 nitrogen and oxygen atoms in total. The number of benzene rings is 14. The van der Waals surface area contributed by atoms with Crippen LogP contribution in [-0.4, -0.2) is 19.2 Å². The van der Waals surface area contributed by atoms with E-state index in [-0.39, 0.29) is 20.1 Å². The Labute approximate surface area is 554 Å². The first-order chi connectivity index (χ1) is 46.1. The normalized spacial score (nSPS) is 13.5. The third kappa shape index (κ3) is 8.19. The molecule has 4 aliphatic carbocycles. The molecule has 4 heterocycles. The van der Waals surface area contributed by atoms with Crippen LogP contribution < -0.4 is 14.2 Å². The SMILES string of the molecule is [Ir].[c-]1cc2c3c4c(ccc3c1-n1[c-][n+](-c3ccc5ccc6cccc7ccc3c5c67)c3ccccc31)C=CCC4=CC2.[c-]1cc2c3c4c(ccc3c1-n1[c-][n+](-c3ccc5ccc6cccc7ccc3c5c67)c3ccccc31)C=CCC4=CC2.c1ccc(-c2ccn[n-]2)nc1. The van der Waals surface area contributed by atoms with Crippen molar-refractivity contribution in [2.24, 2.45) is 0 Å². The van der Waals surface area contributed by atoms with Crippen molar-refractivity contribution in [2.45, 2.75) is 25.7 Å². The maximum absolute atomic E-state index is 4.12. The number of allylic oxidation sites excluding steroid dienone is 6. The molecule has 0 bridgehead atoms. The fraction of sp³-hybridized carbons (Fsp3) is 0.0465. The van der Waals surface area contributed by atoms with Crippen LogP contribution >= 0.6 is 0 Å². The average Bonchev–Trinajstić information content (AvgIpc) is 1.40. The minimum atomic E-state index is 0. The van der Waals surface area contributed by atoms with Gasteiger partial charge in [-0.15, -0.1) is 44.8 Å². The molecular weight excluding hydrogens is 1320 g/mol. The summed E-state index contributed by atoms with van der Waals surface area (Å²) in [5.74, 6) is 0. The number of pyridine rings is 1. The van der Waals surface area contributed by atoms with E-state index in [9.17, 15) is 0 Å².